The molecule has 1 heterocycles. The van der Waals surface area contributed by atoms with Crippen molar-refractivity contribution in [2.75, 3.05) is 6.26 Å². The molecule has 0 aliphatic rings. The molecule has 0 aliphatic heterocycles. The number of carbonyl (C=O) groups is 1. The minimum absolute atomic E-state index is 0.122. The third-order valence-corrected chi connectivity index (χ3v) is 4.75. The molecule has 3 aromatic rings. The van der Waals surface area contributed by atoms with E-state index >= 15 is 0 Å². The van der Waals surface area contributed by atoms with Crippen LogP contribution in [0, 0.1) is 0 Å². The van der Waals surface area contributed by atoms with Crippen LogP contribution in [0.4, 0.5) is 0 Å². The highest BCUT2D eigenvalue weighted by Crippen LogP contribution is 2.20. The fourth-order valence-corrected chi connectivity index (χ4v) is 3.32. The van der Waals surface area contributed by atoms with Crippen LogP contribution in [-0.2, 0) is 21.3 Å². The Kier molecular flexibility index (Phi) is 6.29. The zero-order valence-corrected chi connectivity index (χ0v) is 17.0. The maximum atomic E-state index is 12.4. The van der Waals surface area contributed by atoms with E-state index in [1.54, 1.807) is 6.07 Å². The Morgan fingerprint density at radius 3 is 2.24 bits per heavy atom. The van der Waals surface area contributed by atoms with Crippen LogP contribution in [0.25, 0.3) is 11.1 Å². The molecule has 0 fully saturated rings. The highest BCUT2D eigenvalue weighted by atomic mass is 32.2. The summed E-state index contributed by atoms with van der Waals surface area (Å²) in [5, 5.41) is 2.90. The first-order valence-corrected chi connectivity index (χ1v) is 10.9. The molecule has 0 unspecified atom stereocenters. The fraction of sp³-hybridized carbons (Fsp3) is 0.182. The normalized spacial score (nSPS) is 12.2. The molecule has 0 bridgehead atoms. The zero-order chi connectivity index (χ0) is 20.9. The topological polar surface area (TPSA) is 85.4 Å². The molecule has 0 saturated heterocycles. The number of hydrogen-bond donors (Lipinski definition) is 1. The van der Waals surface area contributed by atoms with Crippen LogP contribution in [0.1, 0.15) is 24.2 Å². The molecule has 1 aromatic heterocycles. The molecule has 1 N–H and O–H groups in total. The summed E-state index contributed by atoms with van der Waals surface area (Å²) < 4.78 is 27.0. The second kappa shape index (κ2) is 8.87. The number of pyridine rings is 1. The van der Waals surface area contributed by atoms with Gasteiger partial charge in [0.25, 0.3) is 0 Å². The molecule has 150 valence electrons. The molecule has 0 saturated carbocycles. The molecule has 1 amide bonds. The third-order valence-electron chi connectivity index (χ3n) is 4.25. The summed E-state index contributed by atoms with van der Waals surface area (Å²) in [5.41, 5.74) is 3.76. The summed E-state index contributed by atoms with van der Waals surface area (Å²) in [5.74, 6) is 0.0107. The molecule has 1 atom stereocenters. The van der Waals surface area contributed by atoms with Crippen molar-refractivity contribution in [3.63, 3.8) is 0 Å². The van der Waals surface area contributed by atoms with Gasteiger partial charge in [-0.2, -0.15) is 8.42 Å². The van der Waals surface area contributed by atoms with Crippen molar-refractivity contribution in [3.05, 3.63) is 84.2 Å². The summed E-state index contributed by atoms with van der Waals surface area (Å²) >= 11 is 0. The molecular formula is C22H22N2O4S. The van der Waals surface area contributed by atoms with Crippen LogP contribution in [-0.4, -0.2) is 25.6 Å². The number of rotatable bonds is 7. The number of amides is 1. The zero-order valence-electron chi connectivity index (χ0n) is 16.2. The van der Waals surface area contributed by atoms with Gasteiger partial charge in [0.15, 0.2) is 5.75 Å². The van der Waals surface area contributed by atoms with E-state index in [1.165, 1.54) is 12.3 Å². The first-order chi connectivity index (χ1) is 13.8. The Morgan fingerprint density at radius 2 is 1.66 bits per heavy atom. The van der Waals surface area contributed by atoms with E-state index in [9.17, 15) is 13.2 Å². The van der Waals surface area contributed by atoms with Crippen molar-refractivity contribution in [1.29, 1.82) is 0 Å². The van der Waals surface area contributed by atoms with Gasteiger partial charge in [-0.15, -0.1) is 0 Å². The second-order valence-electron chi connectivity index (χ2n) is 6.74. The van der Waals surface area contributed by atoms with Crippen LogP contribution in [0.5, 0.6) is 5.75 Å². The van der Waals surface area contributed by atoms with Crippen LogP contribution >= 0.6 is 0 Å². The standard InChI is InChI=1S/C22H22N2O4S/c1-16(21-13-12-20(15-23-21)28-29(2,26)27)24-22(25)14-17-8-10-19(11-9-17)18-6-4-3-5-7-18/h3-13,15-16H,14H2,1-2H3,(H,24,25)/t16-/m1/s1. The van der Waals surface area contributed by atoms with E-state index in [0.29, 0.717) is 5.69 Å². The largest absolute Gasteiger partial charge is 0.381 e. The van der Waals surface area contributed by atoms with Crippen LogP contribution in [0.15, 0.2) is 72.9 Å². The van der Waals surface area contributed by atoms with Gasteiger partial charge in [0.05, 0.1) is 30.6 Å². The summed E-state index contributed by atoms with van der Waals surface area (Å²) in [7, 11) is -3.59. The lowest BCUT2D eigenvalue weighted by Crippen LogP contribution is -2.28. The van der Waals surface area contributed by atoms with E-state index in [2.05, 4.69) is 10.3 Å². The summed E-state index contributed by atoms with van der Waals surface area (Å²) in [6.45, 7) is 1.82. The van der Waals surface area contributed by atoms with Gasteiger partial charge < -0.3 is 9.50 Å². The number of nitrogens with zero attached hydrogens (tertiary/aromatic N) is 1. The molecule has 0 radical (unpaired) electrons. The smallest absolute Gasteiger partial charge is 0.306 e. The predicted molar refractivity (Wildman–Crippen MR) is 112 cm³/mol. The van der Waals surface area contributed by atoms with Gasteiger partial charge in [-0.1, -0.05) is 54.6 Å². The highest BCUT2D eigenvalue weighted by Gasteiger charge is 2.13. The first kappa shape index (κ1) is 20.5. The van der Waals surface area contributed by atoms with Crippen molar-refractivity contribution in [2.24, 2.45) is 0 Å². The van der Waals surface area contributed by atoms with E-state index < -0.39 is 10.1 Å². The Balaban J connectivity index is 1.57. The predicted octanol–water partition coefficient (Wildman–Crippen LogP) is 3.51. The number of aromatic nitrogens is 1. The van der Waals surface area contributed by atoms with Gasteiger partial charge in [0.2, 0.25) is 5.91 Å². The van der Waals surface area contributed by atoms with Gasteiger partial charge in [-0.3, -0.25) is 9.78 Å². The minimum atomic E-state index is -3.59. The molecule has 3 rings (SSSR count). The SMILES string of the molecule is C[C@@H](NC(=O)Cc1ccc(-c2ccccc2)cc1)c1ccc(OS(C)(=O)=O)cn1. The first-order valence-electron chi connectivity index (χ1n) is 9.09. The number of hydrogen-bond acceptors (Lipinski definition) is 5. The summed E-state index contributed by atoms with van der Waals surface area (Å²) in [4.78, 5) is 16.5. The highest BCUT2D eigenvalue weighted by molar-refractivity contribution is 7.86. The van der Waals surface area contributed by atoms with Crippen LogP contribution in [0.3, 0.4) is 0 Å². The van der Waals surface area contributed by atoms with Crippen molar-refractivity contribution in [3.8, 4) is 16.9 Å². The molecule has 2 aromatic carbocycles. The van der Waals surface area contributed by atoms with E-state index in [-0.39, 0.29) is 24.1 Å². The average molecular weight is 410 g/mol. The third kappa shape index (κ3) is 6.15. The van der Waals surface area contributed by atoms with E-state index in [1.807, 2.05) is 61.5 Å². The Bertz CT molecular complexity index is 1060. The quantitative estimate of drug-likeness (QED) is 0.603. The van der Waals surface area contributed by atoms with Gasteiger partial charge in [-0.25, -0.2) is 0 Å². The van der Waals surface area contributed by atoms with Gasteiger partial charge in [0.1, 0.15) is 0 Å². The van der Waals surface area contributed by atoms with Gasteiger partial charge in [0, 0.05) is 0 Å². The molecule has 0 aliphatic carbocycles. The Labute approximate surface area is 170 Å². The second-order valence-corrected chi connectivity index (χ2v) is 8.31. The maximum Gasteiger partial charge on any atom is 0.306 e. The average Bonchev–Trinajstić information content (AvgIpc) is 2.68. The van der Waals surface area contributed by atoms with Crippen molar-refractivity contribution < 1.29 is 17.4 Å². The van der Waals surface area contributed by atoms with Gasteiger partial charge >= 0.3 is 10.1 Å². The molecular weight excluding hydrogens is 388 g/mol. The van der Waals surface area contributed by atoms with Crippen LogP contribution in [0.2, 0.25) is 0 Å². The Morgan fingerprint density at radius 1 is 1.00 bits per heavy atom. The van der Waals surface area contributed by atoms with Crippen LogP contribution < -0.4 is 9.50 Å². The lowest BCUT2D eigenvalue weighted by atomic mass is 10.0. The minimum Gasteiger partial charge on any atom is -0.381 e. The number of nitrogens with one attached hydrogen (secondary N) is 1. The van der Waals surface area contributed by atoms with Crippen molar-refractivity contribution in [1.82, 2.24) is 10.3 Å². The summed E-state index contributed by atoms with van der Waals surface area (Å²) in [6.07, 6.45) is 2.55. The molecule has 7 heteroatoms. The van der Waals surface area contributed by atoms with E-state index in [0.717, 1.165) is 22.9 Å². The molecule has 6 nitrogen and oxygen atoms in total. The number of benzene rings is 2. The van der Waals surface area contributed by atoms with E-state index in [4.69, 9.17) is 4.18 Å². The summed E-state index contributed by atoms with van der Waals surface area (Å²) in [6, 6.07) is 20.8. The Hall–Kier alpha value is -3.19. The van der Waals surface area contributed by atoms with Crippen molar-refractivity contribution in [2.45, 2.75) is 19.4 Å². The molecule has 29 heavy (non-hydrogen) atoms. The monoisotopic (exact) mass is 410 g/mol. The van der Waals surface area contributed by atoms with Crippen molar-refractivity contribution >= 4 is 16.0 Å². The van der Waals surface area contributed by atoms with Gasteiger partial charge in [-0.05, 0) is 35.7 Å². The number of carbonyl (C=O) groups excluding carboxylic acids is 1. The molecule has 0 spiro atoms. The maximum absolute atomic E-state index is 12.4. The lowest BCUT2D eigenvalue weighted by molar-refractivity contribution is -0.121. The lowest BCUT2D eigenvalue weighted by Gasteiger charge is -2.14. The fourth-order valence-electron chi connectivity index (χ4n) is 2.87.